The van der Waals surface area contributed by atoms with Crippen molar-refractivity contribution in [3.8, 4) is 0 Å². The van der Waals surface area contributed by atoms with Crippen LogP contribution in [-0.4, -0.2) is 11.1 Å². The van der Waals surface area contributed by atoms with Crippen LogP contribution in [0.5, 0.6) is 0 Å². The minimum Gasteiger partial charge on any atom is -0.475 e. The second-order valence-corrected chi connectivity index (χ2v) is 2.17. The third-order valence-electron chi connectivity index (χ3n) is 1.33. The molecule has 0 aliphatic heterocycles. The fraction of sp³-hybridized carbons (Fsp3) is 0.125. The Hall–Kier alpha value is -1.51. The predicted octanol–water partition coefficient (Wildman–Crippen LogP) is 1.93. The van der Waals surface area contributed by atoms with Crippen molar-refractivity contribution in [2.75, 3.05) is 0 Å². The van der Waals surface area contributed by atoms with Crippen LogP contribution < -0.4 is 0 Å². The summed E-state index contributed by atoms with van der Waals surface area (Å²) >= 11 is 0. The molecule has 3 heteroatoms. The monoisotopic (exact) mass is 152 g/mol. The number of rotatable bonds is 2. The van der Waals surface area contributed by atoms with Crippen LogP contribution in [0.25, 0.3) is 6.08 Å². The van der Waals surface area contributed by atoms with Crippen molar-refractivity contribution in [3.63, 3.8) is 0 Å². The summed E-state index contributed by atoms with van der Waals surface area (Å²) in [6.07, 6.45) is 1.47. The van der Waals surface area contributed by atoms with Crippen molar-refractivity contribution in [3.05, 3.63) is 29.7 Å². The highest BCUT2D eigenvalue weighted by Crippen LogP contribution is 2.14. The summed E-state index contributed by atoms with van der Waals surface area (Å²) in [6.45, 7) is 5.14. The number of furan rings is 1. The summed E-state index contributed by atoms with van der Waals surface area (Å²) in [5.74, 6) is -0.574. The second kappa shape index (κ2) is 2.62. The Kier molecular flexibility index (Phi) is 1.81. The molecule has 0 fully saturated rings. The molecule has 0 aliphatic carbocycles. The Morgan fingerprint density at radius 1 is 1.82 bits per heavy atom. The fourth-order valence-corrected chi connectivity index (χ4v) is 0.820. The quantitative estimate of drug-likeness (QED) is 0.704. The zero-order valence-corrected chi connectivity index (χ0v) is 6.13. The third-order valence-corrected chi connectivity index (χ3v) is 1.33. The summed E-state index contributed by atoms with van der Waals surface area (Å²) in [5.41, 5.74) is 0.618. The molecule has 0 saturated carbocycles. The third kappa shape index (κ3) is 1.32. The van der Waals surface area contributed by atoms with Gasteiger partial charge in [-0.1, -0.05) is 6.58 Å². The van der Waals surface area contributed by atoms with Crippen molar-refractivity contribution in [2.24, 2.45) is 0 Å². The number of aryl methyl sites for hydroxylation is 1. The zero-order valence-electron chi connectivity index (χ0n) is 6.13. The fourth-order valence-electron chi connectivity index (χ4n) is 0.820. The Morgan fingerprint density at radius 3 is 2.73 bits per heavy atom. The molecule has 1 aromatic rings. The van der Waals surface area contributed by atoms with E-state index in [2.05, 4.69) is 6.58 Å². The molecule has 1 aromatic heterocycles. The normalized spacial score (nSPS) is 9.55. The van der Waals surface area contributed by atoms with Crippen molar-refractivity contribution in [1.29, 1.82) is 0 Å². The minimum atomic E-state index is -1.05. The van der Waals surface area contributed by atoms with E-state index in [4.69, 9.17) is 9.52 Å². The number of hydrogen-bond acceptors (Lipinski definition) is 2. The number of carbonyl (C=O) groups is 1. The van der Waals surface area contributed by atoms with E-state index in [-0.39, 0.29) is 5.76 Å². The summed E-state index contributed by atoms with van der Waals surface area (Å²) in [5, 5.41) is 8.55. The van der Waals surface area contributed by atoms with E-state index in [0.717, 1.165) is 0 Å². The van der Waals surface area contributed by atoms with E-state index in [1.165, 1.54) is 6.08 Å². The van der Waals surface area contributed by atoms with Crippen LogP contribution in [0.2, 0.25) is 0 Å². The first kappa shape index (κ1) is 7.60. The second-order valence-electron chi connectivity index (χ2n) is 2.17. The van der Waals surface area contributed by atoms with Gasteiger partial charge in [0.05, 0.1) is 0 Å². The maximum atomic E-state index is 10.4. The maximum absolute atomic E-state index is 10.4. The van der Waals surface area contributed by atoms with Gasteiger partial charge in [0.15, 0.2) is 0 Å². The van der Waals surface area contributed by atoms with Crippen LogP contribution in [0.3, 0.4) is 0 Å². The van der Waals surface area contributed by atoms with Gasteiger partial charge in [-0.15, -0.1) is 0 Å². The number of aromatic carboxylic acids is 1. The number of carboxylic acids is 1. The van der Waals surface area contributed by atoms with Gasteiger partial charge in [0.25, 0.3) is 0 Å². The first-order valence-electron chi connectivity index (χ1n) is 3.11. The number of carboxylic acid groups (broad SMARTS) is 1. The predicted molar refractivity (Wildman–Crippen MR) is 40.5 cm³/mol. The largest absolute Gasteiger partial charge is 0.475 e. The van der Waals surface area contributed by atoms with Gasteiger partial charge < -0.3 is 9.52 Å². The van der Waals surface area contributed by atoms with Crippen LogP contribution in [-0.2, 0) is 0 Å². The van der Waals surface area contributed by atoms with Crippen molar-refractivity contribution >= 4 is 12.0 Å². The average molecular weight is 152 g/mol. The molecule has 11 heavy (non-hydrogen) atoms. The van der Waals surface area contributed by atoms with Crippen LogP contribution in [0.1, 0.15) is 21.9 Å². The molecule has 1 N–H and O–H groups in total. The maximum Gasteiger partial charge on any atom is 0.372 e. The van der Waals surface area contributed by atoms with Crippen molar-refractivity contribution < 1.29 is 14.3 Å². The van der Waals surface area contributed by atoms with Crippen LogP contribution in [0.4, 0.5) is 0 Å². The lowest BCUT2D eigenvalue weighted by atomic mass is 10.2. The molecule has 1 heterocycles. The van der Waals surface area contributed by atoms with Crippen LogP contribution >= 0.6 is 0 Å². The Morgan fingerprint density at radius 2 is 2.45 bits per heavy atom. The summed E-state index contributed by atoms with van der Waals surface area (Å²) in [4.78, 5) is 10.4. The Bertz CT molecular complexity index is 296. The summed E-state index contributed by atoms with van der Waals surface area (Å²) in [6, 6.07) is 1.64. The van der Waals surface area contributed by atoms with Gasteiger partial charge in [-0.25, -0.2) is 4.79 Å². The standard InChI is InChI=1S/C8H8O3/c1-3-6-4-5(2)7(11-6)8(9)10/h3-4H,1H2,2H3,(H,9,10). The molecule has 0 unspecified atom stereocenters. The van der Waals surface area contributed by atoms with Gasteiger partial charge >= 0.3 is 5.97 Å². The van der Waals surface area contributed by atoms with Gasteiger partial charge in [0.2, 0.25) is 5.76 Å². The molecular weight excluding hydrogens is 144 g/mol. The Balaban J connectivity index is 3.16. The van der Waals surface area contributed by atoms with Gasteiger partial charge in [-0.3, -0.25) is 0 Å². The van der Waals surface area contributed by atoms with E-state index < -0.39 is 5.97 Å². The highest BCUT2D eigenvalue weighted by Gasteiger charge is 2.12. The first-order valence-corrected chi connectivity index (χ1v) is 3.11. The lowest BCUT2D eigenvalue weighted by molar-refractivity contribution is 0.0661. The SMILES string of the molecule is C=Cc1cc(C)c(C(=O)O)o1. The molecule has 0 spiro atoms. The molecule has 0 bridgehead atoms. The van der Waals surface area contributed by atoms with E-state index in [1.807, 2.05) is 0 Å². The highest BCUT2D eigenvalue weighted by atomic mass is 16.4. The lowest BCUT2D eigenvalue weighted by Crippen LogP contribution is -1.94. The molecule has 0 saturated heterocycles. The minimum absolute atomic E-state index is 0.0140. The van der Waals surface area contributed by atoms with E-state index >= 15 is 0 Å². The first-order chi connectivity index (χ1) is 5.15. The van der Waals surface area contributed by atoms with E-state index in [0.29, 0.717) is 11.3 Å². The topological polar surface area (TPSA) is 50.4 Å². The lowest BCUT2D eigenvalue weighted by Gasteiger charge is -1.86. The smallest absolute Gasteiger partial charge is 0.372 e. The van der Waals surface area contributed by atoms with Gasteiger partial charge in [-0.05, 0) is 19.1 Å². The molecule has 0 amide bonds. The van der Waals surface area contributed by atoms with Gasteiger partial charge in [0.1, 0.15) is 5.76 Å². The molecule has 1 rings (SSSR count). The summed E-state index contributed by atoms with van der Waals surface area (Å²) in [7, 11) is 0. The van der Waals surface area contributed by atoms with Gasteiger partial charge in [-0.2, -0.15) is 0 Å². The van der Waals surface area contributed by atoms with Gasteiger partial charge in [0, 0.05) is 5.56 Å². The molecule has 3 nitrogen and oxygen atoms in total. The van der Waals surface area contributed by atoms with Crippen LogP contribution in [0, 0.1) is 6.92 Å². The highest BCUT2D eigenvalue weighted by molar-refractivity contribution is 5.86. The zero-order chi connectivity index (χ0) is 8.43. The average Bonchev–Trinajstić information content (AvgIpc) is 2.30. The molecule has 0 radical (unpaired) electrons. The molecule has 58 valence electrons. The van der Waals surface area contributed by atoms with Crippen LogP contribution in [0.15, 0.2) is 17.1 Å². The van der Waals surface area contributed by atoms with Crippen molar-refractivity contribution in [1.82, 2.24) is 0 Å². The molecule has 0 atom stereocenters. The molecule has 0 aromatic carbocycles. The van der Waals surface area contributed by atoms with Crippen molar-refractivity contribution in [2.45, 2.75) is 6.92 Å². The molecular formula is C8H8O3. The van der Waals surface area contributed by atoms with E-state index in [1.54, 1.807) is 13.0 Å². The number of hydrogen-bond donors (Lipinski definition) is 1. The van der Waals surface area contributed by atoms with E-state index in [9.17, 15) is 4.79 Å². The molecule has 0 aliphatic rings. The Labute approximate surface area is 64.0 Å². The summed E-state index contributed by atoms with van der Waals surface area (Å²) < 4.78 is 4.91.